The van der Waals surface area contributed by atoms with Crippen LogP contribution >= 0.6 is 0 Å². The van der Waals surface area contributed by atoms with Gasteiger partial charge in [-0.15, -0.1) is 0 Å². The Labute approximate surface area is 152 Å². The summed E-state index contributed by atoms with van der Waals surface area (Å²) in [4.78, 5) is 0. The van der Waals surface area contributed by atoms with Gasteiger partial charge in [-0.3, -0.25) is 0 Å². The molecule has 27 heavy (non-hydrogen) atoms. The summed E-state index contributed by atoms with van der Waals surface area (Å²) in [5.74, 6) is -0.394. The van der Waals surface area contributed by atoms with Gasteiger partial charge in [-0.2, -0.15) is 13.2 Å². The van der Waals surface area contributed by atoms with Gasteiger partial charge in [0, 0.05) is 23.9 Å². The SMILES string of the molecule is Fc1ccc(Oc2cccc(NCc3ccc(C(F)(F)F)cc3F)c2)cc1. The second-order valence-electron chi connectivity index (χ2n) is 5.74. The standard InChI is InChI=1S/C20H14F5NO/c21-15-6-8-17(9-7-15)27-18-3-1-2-16(11-18)26-12-13-4-5-14(10-19(13)22)20(23,24)25/h1-11,26H,12H2. The number of anilines is 1. The first kappa shape index (κ1) is 18.7. The highest BCUT2D eigenvalue weighted by Crippen LogP contribution is 2.30. The molecule has 0 aliphatic rings. The highest BCUT2D eigenvalue weighted by Gasteiger charge is 2.31. The average Bonchev–Trinajstić information content (AvgIpc) is 2.62. The molecule has 0 aromatic heterocycles. The normalized spacial score (nSPS) is 11.3. The second kappa shape index (κ2) is 7.65. The summed E-state index contributed by atoms with van der Waals surface area (Å²) in [5.41, 5.74) is -0.333. The molecule has 0 saturated carbocycles. The van der Waals surface area contributed by atoms with Gasteiger partial charge in [0.05, 0.1) is 5.56 Å². The smallest absolute Gasteiger partial charge is 0.416 e. The second-order valence-corrected chi connectivity index (χ2v) is 5.74. The van der Waals surface area contributed by atoms with Crippen LogP contribution in [0.3, 0.4) is 0 Å². The summed E-state index contributed by atoms with van der Waals surface area (Å²) in [6, 6.07) is 14.7. The van der Waals surface area contributed by atoms with Crippen LogP contribution in [0.4, 0.5) is 27.6 Å². The third-order valence-corrected chi connectivity index (χ3v) is 3.75. The maximum absolute atomic E-state index is 13.9. The fourth-order valence-corrected chi connectivity index (χ4v) is 2.37. The van der Waals surface area contributed by atoms with Crippen LogP contribution in [-0.2, 0) is 12.7 Å². The summed E-state index contributed by atoms with van der Waals surface area (Å²) in [6.45, 7) is 0.00394. The number of halogens is 5. The van der Waals surface area contributed by atoms with E-state index in [1.54, 1.807) is 24.3 Å². The lowest BCUT2D eigenvalue weighted by Crippen LogP contribution is -2.08. The van der Waals surface area contributed by atoms with Crippen LogP contribution in [0.5, 0.6) is 11.5 Å². The molecule has 0 amide bonds. The van der Waals surface area contributed by atoms with Crippen LogP contribution in [0.15, 0.2) is 66.7 Å². The van der Waals surface area contributed by atoms with Crippen LogP contribution < -0.4 is 10.1 Å². The molecule has 0 radical (unpaired) electrons. The van der Waals surface area contributed by atoms with E-state index in [2.05, 4.69) is 5.32 Å². The molecule has 0 aliphatic heterocycles. The molecule has 0 spiro atoms. The Balaban J connectivity index is 1.67. The maximum atomic E-state index is 13.9. The van der Waals surface area contributed by atoms with E-state index in [1.165, 1.54) is 24.3 Å². The van der Waals surface area contributed by atoms with E-state index in [9.17, 15) is 22.0 Å². The van der Waals surface area contributed by atoms with Crippen molar-refractivity contribution in [1.82, 2.24) is 0 Å². The predicted octanol–water partition coefficient (Wildman–Crippen LogP) is 6.39. The van der Waals surface area contributed by atoms with E-state index in [-0.39, 0.29) is 17.9 Å². The third-order valence-electron chi connectivity index (χ3n) is 3.75. The van der Waals surface area contributed by atoms with Gasteiger partial charge in [-0.25, -0.2) is 8.78 Å². The van der Waals surface area contributed by atoms with Crippen LogP contribution in [0.25, 0.3) is 0 Å². The Morgan fingerprint density at radius 2 is 1.56 bits per heavy atom. The molecule has 1 N–H and O–H groups in total. The van der Waals surface area contributed by atoms with Crippen molar-refractivity contribution in [2.75, 3.05) is 5.32 Å². The Morgan fingerprint density at radius 1 is 0.815 bits per heavy atom. The number of hydrogen-bond donors (Lipinski definition) is 1. The van der Waals surface area contributed by atoms with Gasteiger partial charge in [0.25, 0.3) is 0 Å². The van der Waals surface area contributed by atoms with Crippen molar-refractivity contribution in [2.45, 2.75) is 12.7 Å². The van der Waals surface area contributed by atoms with E-state index in [4.69, 9.17) is 4.74 Å². The monoisotopic (exact) mass is 379 g/mol. The third kappa shape index (κ3) is 4.97. The first-order valence-corrected chi connectivity index (χ1v) is 7.94. The lowest BCUT2D eigenvalue weighted by molar-refractivity contribution is -0.137. The molecule has 0 unspecified atom stereocenters. The Hall–Kier alpha value is -3.09. The van der Waals surface area contributed by atoms with Crippen LogP contribution in [-0.4, -0.2) is 0 Å². The summed E-state index contributed by atoms with van der Waals surface area (Å²) < 4.78 is 70.1. The molecule has 0 fully saturated rings. The minimum absolute atomic E-state index is 0.00394. The minimum atomic E-state index is -4.58. The van der Waals surface area contributed by atoms with E-state index >= 15 is 0 Å². The van der Waals surface area contributed by atoms with E-state index in [1.807, 2.05) is 0 Å². The van der Waals surface area contributed by atoms with Crippen LogP contribution in [0.1, 0.15) is 11.1 Å². The van der Waals surface area contributed by atoms with E-state index in [0.717, 1.165) is 12.1 Å². The average molecular weight is 379 g/mol. The number of ether oxygens (including phenoxy) is 1. The topological polar surface area (TPSA) is 21.3 Å². The molecule has 0 atom stereocenters. The van der Waals surface area contributed by atoms with Gasteiger partial charge in [0.1, 0.15) is 23.1 Å². The van der Waals surface area contributed by atoms with Crippen LogP contribution in [0.2, 0.25) is 0 Å². The summed E-state index contributed by atoms with van der Waals surface area (Å²) in [6.07, 6.45) is -4.58. The van der Waals surface area contributed by atoms with Gasteiger partial charge in [0.15, 0.2) is 0 Å². The lowest BCUT2D eigenvalue weighted by atomic mass is 10.1. The fraction of sp³-hybridized carbons (Fsp3) is 0.100. The lowest BCUT2D eigenvalue weighted by Gasteiger charge is -2.12. The first-order chi connectivity index (χ1) is 12.8. The van der Waals surface area contributed by atoms with Crippen LogP contribution in [0, 0.1) is 11.6 Å². The summed E-state index contributed by atoms with van der Waals surface area (Å²) >= 11 is 0. The number of hydrogen-bond acceptors (Lipinski definition) is 2. The highest BCUT2D eigenvalue weighted by molar-refractivity contribution is 5.49. The number of rotatable bonds is 5. The molecule has 3 rings (SSSR count). The molecule has 3 aromatic rings. The van der Waals surface area contributed by atoms with Crippen molar-refractivity contribution < 1.29 is 26.7 Å². The van der Waals surface area contributed by atoms with E-state index in [0.29, 0.717) is 23.3 Å². The van der Waals surface area contributed by atoms with Crippen molar-refractivity contribution in [2.24, 2.45) is 0 Å². The molecule has 3 aromatic carbocycles. The zero-order chi connectivity index (χ0) is 19.4. The zero-order valence-corrected chi connectivity index (χ0v) is 13.9. The highest BCUT2D eigenvalue weighted by atomic mass is 19.4. The molecule has 0 bridgehead atoms. The molecular weight excluding hydrogens is 365 g/mol. The Morgan fingerprint density at radius 3 is 2.22 bits per heavy atom. The zero-order valence-electron chi connectivity index (χ0n) is 13.9. The summed E-state index contributed by atoms with van der Waals surface area (Å²) in [7, 11) is 0. The Kier molecular flexibility index (Phi) is 5.30. The van der Waals surface area contributed by atoms with Crippen molar-refractivity contribution in [3.8, 4) is 11.5 Å². The molecule has 0 saturated heterocycles. The fourth-order valence-electron chi connectivity index (χ4n) is 2.37. The van der Waals surface area contributed by atoms with Crippen molar-refractivity contribution in [1.29, 1.82) is 0 Å². The molecule has 0 aliphatic carbocycles. The van der Waals surface area contributed by atoms with Gasteiger partial charge in [-0.05, 0) is 48.5 Å². The number of alkyl halides is 3. The van der Waals surface area contributed by atoms with Gasteiger partial charge in [0.2, 0.25) is 0 Å². The maximum Gasteiger partial charge on any atom is 0.416 e. The molecule has 140 valence electrons. The molecule has 2 nitrogen and oxygen atoms in total. The molecule has 0 heterocycles. The van der Waals surface area contributed by atoms with Gasteiger partial charge < -0.3 is 10.1 Å². The van der Waals surface area contributed by atoms with Gasteiger partial charge in [-0.1, -0.05) is 12.1 Å². The van der Waals surface area contributed by atoms with Crippen molar-refractivity contribution in [3.63, 3.8) is 0 Å². The largest absolute Gasteiger partial charge is 0.457 e. The Bertz CT molecular complexity index is 922. The van der Waals surface area contributed by atoms with Crippen molar-refractivity contribution in [3.05, 3.63) is 89.5 Å². The van der Waals surface area contributed by atoms with Crippen molar-refractivity contribution >= 4 is 5.69 Å². The number of nitrogens with one attached hydrogen (secondary N) is 1. The first-order valence-electron chi connectivity index (χ1n) is 7.94. The summed E-state index contributed by atoms with van der Waals surface area (Å²) in [5, 5.41) is 2.93. The molecule has 7 heteroatoms. The quantitative estimate of drug-likeness (QED) is 0.519. The molecular formula is C20H14F5NO. The van der Waals surface area contributed by atoms with Gasteiger partial charge >= 0.3 is 6.18 Å². The minimum Gasteiger partial charge on any atom is -0.457 e. The van der Waals surface area contributed by atoms with E-state index < -0.39 is 17.6 Å². The predicted molar refractivity (Wildman–Crippen MR) is 91.6 cm³/mol. The number of benzene rings is 3.